The SMILES string of the molecule is Cc1c(-c2ccc(F)c([N+](=O)[O-])c2)noc1C(=O)O. The van der Waals surface area contributed by atoms with Crippen LogP contribution in [0.2, 0.25) is 0 Å². The molecule has 0 spiro atoms. The summed E-state index contributed by atoms with van der Waals surface area (Å²) in [6, 6.07) is 3.16. The Morgan fingerprint density at radius 3 is 2.74 bits per heavy atom. The van der Waals surface area contributed by atoms with Gasteiger partial charge in [-0.2, -0.15) is 4.39 Å². The highest BCUT2D eigenvalue weighted by Gasteiger charge is 2.22. The molecule has 1 aromatic heterocycles. The average Bonchev–Trinajstić information content (AvgIpc) is 2.71. The molecule has 98 valence electrons. The van der Waals surface area contributed by atoms with Gasteiger partial charge < -0.3 is 9.63 Å². The van der Waals surface area contributed by atoms with Crippen molar-refractivity contribution in [2.24, 2.45) is 0 Å². The molecule has 0 radical (unpaired) electrons. The second kappa shape index (κ2) is 4.48. The summed E-state index contributed by atoms with van der Waals surface area (Å²) in [7, 11) is 0. The van der Waals surface area contributed by atoms with Gasteiger partial charge in [0.1, 0.15) is 5.69 Å². The van der Waals surface area contributed by atoms with E-state index in [-0.39, 0.29) is 22.6 Å². The first kappa shape index (κ1) is 12.7. The van der Waals surface area contributed by atoms with Gasteiger partial charge in [0.05, 0.1) is 4.92 Å². The number of hydrogen-bond donors (Lipinski definition) is 1. The lowest BCUT2D eigenvalue weighted by Crippen LogP contribution is -1.96. The largest absolute Gasteiger partial charge is 0.475 e. The number of carboxylic acids is 1. The summed E-state index contributed by atoms with van der Waals surface area (Å²) in [5.41, 5.74) is -0.160. The fourth-order valence-electron chi connectivity index (χ4n) is 1.60. The highest BCUT2D eigenvalue weighted by Crippen LogP contribution is 2.29. The van der Waals surface area contributed by atoms with E-state index in [1.54, 1.807) is 0 Å². The Labute approximate surface area is 105 Å². The summed E-state index contributed by atoms with van der Waals surface area (Å²) >= 11 is 0. The van der Waals surface area contributed by atoms with E-state index >= 15 is 0 Å². The molecular weight excluding hydrogens is 259 g/mol. The lowest BCUT2D eigenvalue weighted by atomic mass is 10.1. The molecule has 0 amide bonds. The van der Waals surface area contributed by atoms with Gasteiger partial charge in [-0.15, -0.1) is 0 Å². The van der Waals surface area contributed by atoms with Crippen molar-refractivity contribution in [2.45, 2.75) is 6.92 Å². The van der Waals surface area contributed by atoms with Gasteiger partial charge in [0.2, 0.25) is 11.6 Å². The Morgan fingerprint density at radius 2 is 2.21 bits per heavy atom. The van der Waals surface area contributed by atoms with E-state index in [1.807, 2.05) is 0 Å². The molecule has 0 unspecified atom stereocenters. The standard InChI is InChI=1S/C11H7FN2O5/c1-5-9(13-19-10(5)11(15)16)6-2-3-7(12)8(4-6)14(17)18/h2-4H,1H3,(H,15,16). The van der Waals surface area contributed by atoms with Crippen LogP contribution >= 0.6 is 0 Å². The predicted molar refractivity (Wildman–Crippen MR) is 60.2 cm³/mol. The van der Waals surface area contributed by atoms with E-state index < -0.39 is 22.4 Å². The van der Waals surface area contributed by atoms with Crippen LogP contribution in [-0.4, -0.2) is 21.2 Å². The zero-order chi connectivity index (χ0) is 14.2. The summed E-state index contributed by atoms with van der Waals surface area (Å²) in [4.78, 5) is 20.6. The maximum absolute atomic E-state index is 13.2. The van der Waals surface area contributed by atoms with E-state index in [0.717, 1.165) is 12.1 Å². The van der Waals surface area contributed by atoms with Crippen LogP contribution in [0.3, 0.4) is 0 Å². The first-order valence-electron chi connectivity index (χ1n) is 5.05. The third-order valence-corrected chi connectivity index (χ3v) is 2.53. The molecule has 0 aliphatic carbocycles. The Morgan fingerprint density at radius 1 is 1.53 bits per heavy atom. The average molecular weight is 266 g/mol. The number of benzene rings is 1. The summed E-state index contributed by atoms with van der Waals surface area (Å²) in [6.45, 7) is 1.45. The number of halogens is 1. The van der Waals surface area contributed by atoms with Crippen molar-refractivity contribution in [3.05, 3.63) is 45.5 Å². The number of carboxylic acid groups (broad SMARTS) is 1. The molecule has 0 aliphatic heterocycles. The minimum absolute atomic E-state index is 0.125. The summed E-state index contributed by atoms with van der Waals surface area (Å²) in [6.07, 6.45) is 0. The molecule has 19 heavy (non-hydrogen) atoms. The molecule has 0 saturated heterocycles. The van der Waals surface area contributed by atoms with E-state index in [2.05, 4.69) is 9.68 Å². The molecular formula is C11H7FN2O5. The van der Waals surface area contributed by atoms with Gasteiger partial charge in [0.25, 0.3) is 0 Å². The van der Waals surface area contributed by atoms with Gasteiger partial charge in [0.15, 0.2) is 0 Å². The lowest BCUT2D eigenvalue weighted by Gasteiger charge is -1.99. The molecule has 1 N–H and O–H groups in total. The minimum atomic E-state index is -1.30. The maximum Gasteiger partial charge on any atom is 0.375 e. The molecule has 0 saturated carbocycles. The molecule has 0 aliphatic rings. The smallest absolute Gasteiger partial charge is 0.375 e. The molecule has 0 bridgehead atoms. The van der Waals surface area contributed by atoms with Crippen molar-refractivity contribution in [1.29, 1.82) is 0 Å². The van der Waals surface area contributed by atoms with Crippen molar-refractivity contribution in [2.75, 3.05) is 0 Å². The first-order chi connectivity index (χ1) is 8.91. The molecule has 2 rings (SSSR count). The van der Waals surface area contributed by atoms with Crippen LogP contribution in [0.4, 0.5) is 10.1 Å². The summed E-state index contributed by atoms with van der Waals surface area (Å²) in [5, 5.41) is 23.0. The zero-order valence-corrected chi connectivity index (χ0v) is 9.58. The zero-order valence-electron chi connectivity index (χ0n) is 9.58. The Balaban J connectivity index is 2.57. The summed E-state index contributed by atoms with van der Waals surface area (Å²) in [5.74, 6) is -2.64. The van der Waals surface area contributed by atoms with Gasteiger partial charge in [-0.25, -0.2) is 4.79 Å². The molecule has 0 fully saturated rings. The number of nitro benzene ring substituents is 1. The highest BCUT2D eigenvalue weighted by atomic mass is 19.1. The van der Waals surface area contributed by atoms with Crippen LogP contribution in [0.15, 0.2) is 22.7 Å². The van der Waals surface area contributed by atoms with E-state index in [0.29, 0.717) is 0 Å². The van der Waals surface area contributed by atoms with E-state index in [4.69, 9.17) is 5.11 Å². The lowest BCUT2D eigenvalue weighted by molar-refractivity contribution is -0.387. The van der Waals surface area contributed by atoms with Gasteiger partial charge in [0, 0.05) is 17.2 Å². The van der Waals surface area contributed by atoms with Crippen molar-refractivity contribution >= 4 is 11.7 Å². The Kier molecular flexibility index (Phi) is 2.99. The van der Waals surface area contributed by atoms with Crippen LogP contribution in [0.5, 0.6) is 0 Å². The molecule has 1 heterocycles. The molecule has 0 atom stereocenters. The fourth-order valence-corrected chi connectivity index (χ4v) is 1.60. The monoisotopic (exact) mass is 266 g/mol. The summed E-state index contributed by atoms with van der Waals surface area (Å²) < 4.78 is 17.8. The third kappa shape index (κ3) is 2.15. The van der Waals surface area contributed by atoms with Crippen molar-refractivity contribution in [3.8, 4) is 11.3 Å². The second-order valence-corrected chi connectivity index (χ2v) is 3.71. The number of rotatable bonds is 3. The van der Waals surface area contributed by atoms with Crippen LogP contribution in [-0.2, 0) is 0 Å². The van der Waals surface area contributed by atoms with Gasteiger partial charge in [-0.3, -0.25) is 10.1 Å². The Hall–Kier alpha value is -2.77. The fraction of sp³-hybridized carbons (Fsp3) is 0.0909. The Bertz CT molecular complexity index is 680. The minimum Gasteiger partial charge on any atom is -0.475 e. The normalized spacial score (nSPS) is 10.4. The van der Waals surface area contributed by atoms with Crippen molar-refractivity contribution in [3.63, 3.8) is 0 Å². The van der Waals surface area contributed by atoms with Gasteiger partial charge in [-0.1, -0.05) is 5.16 Å². The number of aromatic nitrogens is 1. The van der Waals surface area contributed by atoms with E-state index in [1.165, 1.54) is 13.0 Å². The molecule has 7 nitrogen and oxygen atoms in total. The number of hydrogen-bond acceptors (Lipinski definition) is 5. The van der Waals surface area contributed by atoms with Crippen molar-refractivity contribution in [1.82, 2.24) is 5.16 Å². The van der Waals surface area contributed by atoms with Crippen LogP contribution in [0, 0.1) is 22.9 Å². The van der Waals surface area contributed by atoms with E-state index in [9.17, 15) is 19.3 Å². The third-order valence-electron chi connectivity index (χ3n) is 2.53. The van der Waals surface area contributed by atoms with Gasteiger partial charge in [-0.05, 0) is 19.1 Å². The molecule has 8 heteroatoms. The number of nitro groups is 1. The quantitative estimate of drug-likeness (QED) is 0.675. The molecule has 2 aromatic rings. The number of carbonyl (C=O) groups is 1. The van der Waals surface area contributed by atoms with Crippen LogP contribution in [0.1, 0.15) is 16.1 Å². The van der Waals surface area contributed by atoms with Crippen LogP contribution in [0.25, 0.3) is 11.3 Å². The van der Waals surface area contributed by atoms with Crippen LogP contribution < -0.4 is 0 Å². The first-order valence-corrected chi connectivity index (χ1v) is 5.05. The molecule has 1 aromatic carbocycles. The second-order valence-electron chi connectivity index (χ2n) is 3.71. The predicted octanol–water partition coefficient (Wildman–Crippen LogP) is 2.40. The number of nitrogens with zero attached hydrogens (tertiary/aromatic N) is 2. The highest BCUT2D eigenvalue weighted by molar-refractivity contribution is 5.88. The number of aromatic carboxylic acids is 1. The van der Waals surface area contributed by atoms with Gasteiger partial charge >= 0.3 is 11.7 Å². The maximum atomic E-state index is 13.2. The topological polar surface area (TPSA) is 106 Å². The van der Waals surface area contributed by atoms with Crippen molar-refractivity contribution < 1.29 is 23.7 Å².